The van der Waals surface area contributed by atoms with Crippen molar-refractivity contribution in [3.05, 3.63) is 0 Å². The van der Waals surface area contributed by atoms with Gasteiger partial charge in [-0.2, -0.15) is 0 Å². The maximum atomic E-state index is 8.00. The molecule has 0 atom stereocenters. The van der Waals surface area contributed by atoms with Gasteiger partial charge in [-0.25, -0.2) is 0 Å². The lowest BCUT2D eigenvalue weighted by molar-refractivity contribution is -0.0980. The molecule has 0 N–H and O–H groups in total. The van der Waals surface area contributed by atoms with Crippen LogP contribution in [0.15, 0.2) is 0 Å². The standard InChI is InChI=1S/C33H69NO6.CH2O/c1-4-5-6-7-8-9-10-11-12-13-14-15-16-17-18-19-21-34(2)22-20-23-36-26-27-38-30-31-40-33-32-39-29-28-37-25-24-35-3;1-2/h4-33H2,1-3H3;1H2. The fraction of sp³-hybridized carbons (Fsp3) is 0.971. The van der Waals surface area contributed by atoms with Crippen LogP contribution in [0.2, 0.25) is 0 Å². The van der Waals surface area contributed by atoms with E-state index >= 15 is 0 Å². The van der Waals surface area contributed by atoms with Crippen LogP contribution in [0.1, 0.15) is 116 Å². The Morgan fingerprint density at radius 3 is 1.05 bits per heavy atom. The largest absolute Gasteiger partial charge is 0.382 e. The third-order valence-corrected chi connectivity index (χ3v) is 7.14. The molecule has 0 aromatic carbocycles. The zero-order valence-electron chi connectivity index (χ0n) is 28.2. The molecule has 0 amide bonds. The van der Waals surface area contributed by atoms with Crippen LogP contribution in [0.25, 0.3) is 0 Å². The molecule has 42 heavy (non-hydrogen) atoms. The van der Waals surface area contributed by atoms with Crippen LogP contribution in [-0.4, -0.2) is 112 Å². The Kier molecular flexibility index (Phi) is 44.1. The lowest BCUT2D eigenvalue weighted by Gasteiger charge is -2.16. The molecule has 0 aromatic heterocycles. The quantitative estimate of drug-likeness (QED) is 0.0699. The average Bonchev–Trinajstić information content (AvgIpc) is 3.01. The molecular weight excluding hydrogens is 534 g/mol. The van der Waals surface area contributed by atoms with Crippen molar-refractivity contribution in [3.63, 3.8) is 0 Å². The van der Waals surface area contributed by atoms with Gasteiger partial charge in [-0.3, -0.25) is 0 Å². The minimum absolute atomic E-state index is 0.574. The predicted octanol–water partition coefficient (Wildman–Crippen LogP) is 7.11. The summed E-state index contributed by atoms with van der Waals surface area (Å²) >= 11 is 0. The average molecular weight is 606 g/mol. The van der Waals surface area contributed by atoms with E-state index in [0.717, 1.165) is 19.6 Å². The molecule has 0 spiro atoms. The molecule has 0 aliphatic heterocycles. The van der Waals surface area contributed by atoms with Gasteiger partial charge in [0.15, 0.2) is 0 Å². The summed E-state index contributed by atoms with van der Waals surface area (Å²) in [6.07, 6.45) is 23.9. The molecule has 0 unspecified atom stereocenters. The molecule has 0 saturated carbocycles. The van der Waals surface area contributed by atoms with E-state index in [2.05, 4.69) is 18.9 Å². The number of hydrogen-bond acceptors (Lipinski definition) is 8. The zero-order chi connectivity index (χ0) is 31.0. The monoisotopic (exact) mass is 606 g/mol. The second kappa shape index (κ2) is 42.5. The number of methoxy groups -OCH3 is 1. The molecular formula is C34H71NO7. The summed E-state index contributed by atoms with van der Waals surface area (Å²) in [4.78, 5) is 10.4. The number of rotatable bonds is 36. The van der Waals surface area contributed by atoms with Crippen LogP contribution in [0.4, 0.5) is 0 Å². The molecule has 0 aromatic rings. The van der Waals surface area contributed by atoms with Crippen molar-refractivity contribution in [3.8, 4) is 0 Å². The highest BCUT2D eigenvalue weighted by Crippen LogP contribution is 2.13. The van der Waals surface area contributed by atoms with Crippen molar-refractivity contribution in [2.24, 2.45) is 0 Å². The summed E-state index contributed by atoms with van der Waals surface area (Å²) in [6.45, 7) is 13.4. The zero-order valence-corrected chi connectivity index (χ0v) is 28.2. The number of nitrogens with zero attached hydrogens (tertiary/aromatic N) is 1. The van der Waals surface area contributed by atoms with Crippen molar-refractivity contribution in [2.75, 3.05) is 99.9 Å². The lowest BCUT2D eigenvalue weighted by Crippen LogP contribution is -2.22. The van der Waals surface area contributed by atoms with Crippen LogP contribution in [0, 0.1) is 0 Å². The smallest absolute Gasteiger partial charge is 0.106 e. The van der Waals surface area contributed by atoms with E-state index in [0.29, 0.717) is 66.1 Å². The van der Waals surface area contributed by atoms with Crippen molar-refractivity contribution in [1.82, 2.24) is 4.90 Å². The first-order valence-electron chi connectivity index (χ1n) is 17.2. The SMILES string of the molecule is C=O.CCCCCCCCCCCCCCCCCCN(C)CCCOCCOCCOCCOCCOCCOC. The fourth-order valence-electron chi connectivity index (χ4n) is 4.60. The van der Waals surface area contributed by atoms with E-state index in [1.807, 2.05) is 6.79 Å². The van der Waals surface area contributed by atoms with Gasteiger partial charge in [-0.05, 0) is 26.4 Å². The van der Waals surface area contributed by atoms with E-state index in [1.54, 1.807) is 7.11 Å². The van der Waals surface area contributed by atoms with E-state index in [9.17, 15) is 0 Å². The van der Waals surface area contributed by atoms with E-state index < -0.39 is 0 Å². The topological polar surface area (TPSA) is 75.7 Å². The molecule has 0 radical (unpaired) electrons. The predicted molar refractivity (Wildman–Crippen MR) is 175 cm³/mol. The maximum absolute atomic E-state index is 8.00. The summed E-state index contributed by atoms with van der Waals surface area (Å²) in [7, 11) is 3.90. The first-order valence-corrected chi connectivity index (χ1v) is 17.2. The number of carbonyl (C=O) groups excluding carboxylic acids is 1. The second-order valence-corrected chi connectivity index (χ2v) is 11.0. The highest BCUT2D eigenvalue weighted by atomic mass is 16.6. The number of ether oxygens (including phenoxy) is 6. The Labute approximate surface area is 260 Å². The minimum atomic E-state index is 0.574. The normalized spacial score (nSPS) is 11.2. The minimum Gasteiger partial charge on any atom is -0.382 e. The van der Waals surface area contributed by atoms with Gasteiger partial charge in [0, 0.05) is 20.3 Å². The lowest BCUT2D eigenvalue weighted by atomic mass is 10.0. The Morgan fingerprint density at radius 1 is 0.405 bits per heavy atom. The van der Waals surface area contributed by atoms with Crippen LogP contribution >= 0.6 is 0 Å². The fourth-order valence-corrected chi connectivity index (χ4v) is 4.60. The number of hydrogen-bond donors (Lipinski definition) is 0. The molecule has 0 fully saturated rings. The summed E-state index contributed by atoms with van der Waals surface area (Å²) in [6, 6.07) is 0. The van der Waals surface area contributed by atoms with E-state index in [-0.39, 0.29) is 0 Å². The van der Waals surface area contributed by atoms with Gasteiger partial charge >= 0.3 is 0 Å². The summed E-state index contributed by atoms with van der Waals surface area (Å²) < 4.78 is 32.4. The van der Waals surface area contributed by atoms with Crippen molar-refractivity contribution < 1.29 is 33.2 Å². The van der Waals surface area contributed by atoms with Gasteiger partial charge in [0.1, 0.15) is 6.79 Å². The van der Waals surface area contributed by atoms with Gasteiger partial charge in [-0.15, -0.1) is 0 Å². The molecule has 0 saturated heterocycles. The van der Waals surface area contributed by atoms with Gasteiger partial charge in [0.25, 0.3) is 0 Å². The van der Waals surface area contributed by atoms with E-state index in [4.69, 9.17) is 33.2 Å². The van der Waals surface area contributed by atoms with Crippen LogP contribution < -0.4 is 0 Å². The van der Waals surface area contributed by atoms with E-state index in [1.165, 1.54) is 109 Å². The number of unbranched alkanes of at least 4 members (excludes halogenated alkanes) is 15. The third kappa shape index (κ3) is 41.5. The molecule has 0 aliphatic rings. The van der Waals surface area contributed by atoms with Gasteiger partial charge in [0.2, 0.25) is 0 Å². The summed E-state index contributed by atoms with van der Waals surface area (Å²) in [5.41, 5.74) is 0. The van der Waals surface area contributed by atoms with Crippen LogP contribution in [-0.2, 0) is 33.2 Å². The first-order chi connectivity index (χ1) is 20.8. The van der Waals surface area contributed by atoms with Gasteiger partial charge in [-0.1, -0.05) is 103 Å². The van der Waals surface area contributed by atoms with Crippen LogP contribution in [0.5, 0.6) is 0 Å². The molecule has 254 valence electrons. The Hall–Kier alpha value is -0.610. The molecule has 0 bridgehead atoms. The highest BCUT2D eigenvalue weighted by Gasteiger charge is 2.00. The Bertz CT molecular complexity index is 460. The highest BCUT2D eigenvalue weighted by molar-refractivity contribution is 5.11. The first kappa shape index (κ1) is 43.5. The molecule has 8 heteroatoms. The molecule has 0 rings (SSSR count). The van der Waals surface area contributed by atoms with Crippen molar-refractivity contribution >= 4 is 6.79 Å². The number of carbonyl (C=O) groups is 1. The summed E-state index contributed by atoms with van der Waals surface area (Å²) in [5.74, 6) is 0. The van der Waals surface area contributed by atoms with Crippen molar-refractivity contribution in [2.45, 2.75) is 116 Å². The molecule has 0 heterocycles. The third-order valence-electron chi connectivity index (χ3n) is 7.14. The Morgan fingerprint density at radius 2 is 0.690 bits per heavy atom. The summed E-state index contributed by atoms with van der Waals surface area (Å²) in [5, 5.41) is 0. The van der Waals surface area contributed by atoms with Gasteiger partial charge in [0.05, 0.1) is 66.1 Å². The second-order valence-electron chi connectivity index (χ2n) is 11.0. The maximum Gasteiger partial charge on any atom is 0.106 e. The van der Waals surface area contributed by atoms with Crippen LogP contribution in [0.3, 0.4) is 0 Å². The van der Waals surface area contributed by atoms with Crippen molar-refractivity contribution in [1.29, 1.82) is 0 Å². The molecule has 0 aliphatic carbocycles. The van der Waals surface area contributed by atoms with Gasteiger partial charge < -0.3 is 38.1 Å². The molecule has 8 nitrogen and oxygen atoms in total. The Balaban J connectivity index is 0.